The van der Waals surface area contributed by atoms with E-state index in [-0.39, 0.29) is 0 Å². The van der Waals surface area contributed by atoms with Crippen LogP contribution in [0.25, 0.3) is 9.88 Å². The molecule has 1 aliphatic rings. The first-order valence-corrected chi connectivity index (χ1v) is 8.33. The van der Waals surface area contributed by atoms with Crippen LogP contribution in [0.1, 0.15) is 19.5 Å². The maximum Gasteiger partial charge on any atom is 0.133 e. The summed E-state index contributed by atoms with van der Waals surface area (Å²) in [6.07, 6.45) is 0.637. The zero-order chi connectivity index (χ0) is 13.2. The van der Waals surface area contributed by atoms with Gasteiger partial charge in [0.05, 0.1) is 22.8 Å². The second kappa shape index (κ2) is 5.71. The Morgan fingerprint density at radius 1 is 1.32 bits per heavy atom. The molecule has 2 atom stereocenters. The molecule has 0 radical (unpaired) electrons. The van der Waals surface area contributed by atoms with E-state index < -0.39 is 0 Å². The quantitative estimate of drug-likeness (QED) is 0.866. The van der Waals surface area contributed by atoms with E-state index in [2.05, 4.69) is 41.6 Å². The highest BCUT2D eigenvalue weighted by Gasteiger charge is 2.22. The molecule has 0 amide bonds. The smallest absolute Gasteiger partial charge is 0.133 e. The summed E-state index contributed by atoms with van der Waals surface area (Å²) in [5, 5.41) is 5.42. The number of morpholine rings is 1. The number of aromatic nitrogens is 1. The van der Waals surface area contributed by atoms with Gasteiger partial charge in [-0.25, -0.2) is 4.98 Å². The fraction of sp³-hybridized carbons (Fsp3) is 0.500. The molecule has 19 heavy (non-hydrogen) atoms. The largest absolute Gasteiger partial charge is 0.373 e. The van der Waals surface area contributed by atoms with Crippen molar-refractivity contribution in [3.8, 4) is 9.88 Å². The average molecular weight is 294 g/mol. The minimum absolute atomic E-state index is 0.319. The number of rotatable bonds is 3. The highest BCUT2D eigenvalue weighted by Crippen LogP contribution is 2.28. The van der Waals surface area contributed by atoms with Crippen LogP contribution in [0.4, 0.5) is 0 Å². The summed E-state index contributed by atoms with van der Waals surface area (Å²) in [6.45, 7) is 7.20. The molecule has 5 heteroatoms. The van der Waals surface area contributed by atoms with Crippen molar-refractivity contribution in [2.45, 2.75) is 32.6 Å². The Kier molecular flexibility index (Phi) is 3.98. The summed E-state index contributed by atoms with van der Waals surface area (Å²) < 4.78 is 5.76. The number of ether oxygens (including phenoxy) is 1. The van der Waals surface area contributed by atoms with Crippen LogP contribution in [0, 0.1) is 0 Å². The highest BCUT2D eigenvalue weighted by molar-refractivity contribution is 7.20. The molecule has 0 aliphatic carbocycles. The topological polar surface area (TPSA) is 25.4 Å². The van der Waals surface area contributed by atoms with Crippen LogP contribution >= 0.6 is 22.7 Å². The molecule has 3 nitrogen and oxygen atoms in total. The fourth-order valence-electron chi connectivity index (χ4n) is 2.54. The maximum absolute atomic E-state index is 5.76. The van der Waals surface area contributed by atoms with Crippen molar-refractivity contribution in [1.82, 2.24) is 9.88 Å². The van der Waals surface area contributed by atoms with Crippen molar-refractivity contribution < 1.29 is 4.74 Å². The van der Waals surface area contributed by atoms with E-state index in [0.717, 1.165) is 24.6 Å². The predicted octanol–water partition coefficient (Wildman–Crippen LogP) is 3.48. The molecule has 0 spiro atoms. The van der Waals surface area contributed by atoms with Crippen molar-refractivity contribution in [1.29, 1.82) is 0 Å². The Morgan fingerprint density at radius 2 is 2.11 bits per heavy atom. The lowest BCUT2D eigenvalue weighted by Crippen LogP contribution is -2.44. The minimum atomic E-state index is 0.319. The van der Waals surface area contributed by atoms with Crippen LogP contribution in [0.3, 0.4) is 0 Å². The van der Waals surface area contributed by atoms with Gasteiger partial charge in [0.25, 0.3) is 0 Å². The number of hydrogen-bond acceptors (Lipinski definition) is 5. The zero-order valence-electron chi connectivity index (χ0n) is 11.2. The number of thiazole rings is 1. The van der Waals surface area contributed by atoms with Crippen LogP contribution in [0.15, 0.2) is 22.9 Å². The number of thiophene rings is 1. The highest BCUT2D eigenvalue weighted by atomic mass is 32.1. The second-order valence-electron chi connectivity index (χ2n) is 5.07. The van der Waals surface area contributed by atoms with E-state index in [9.17, 15) is 0 Å². The predicted molar refractivity (Wildman–Crippen MR) is 80.7 cm³/mol. The van der Waals surface area contributed by atoms with E-state index in [1.165, 1.54) is 10.6 Å². The monoisotopic (exact) mass is 294 g/mol. The number of nitrogens with zero attached hydrogens (tertiary/aromatic N) is 2. The van der Waals surface area contributed by atoms with Gasteiger partial charge >= 0.3 is 0 Å². The average Bonchev–Trinajstić information content (AvgIpc) is 2.96. The summed E-state index contributed by atoms with van der Waals surface area (Å²) in [4.78, 5) is 8.44. The van der Waals surface area contributed by atoms with Crippen molar-refractivity contribution >= 4 is 22.7 Å². The first kappa shape index (κ1) is 13.2. The van der Waals surface area contributed by atoms with Gasteiger partial charge in [0, 0.05) is 25.0 Å². The molecule has 1 aliphatic heterocycles. The third-order valence-corrected chi connectivity index (χ3v) is 5.09. The van der Waals surface area contributed by atoms with Crippen LogP contribution in [0.2, 0.25) is 0 Å². The van der Waals surface area contributed by atoms with Crippen LogP contribution in [-0.2, 0) is 11.3 Å². The first-order valence-electron chi connectivity index (χ1n) is 6.57. The van der Waals surface area contributed by atoms with Crippen molar-refractivity contribution in [3.63, 3.8) is 0 Å². The molecule has 0 aromatic carbocycles. The molecule has 0 saturated carbocycles. The van der Waals surface area contributed by atoms with E-state index in [0.29, 0.717) is 12.2 Å². The molecule has 0 bridgehead atoms. The third-order valence-electron chi connectivity index (χ3n) is 3.16. The summed E-state index contributed by atoms with van der Waals surface area (Å²) in [6, 6.07) is 4.21. The summed E-state index contributed by atoms with van der Waals surface area (Å²) in [5.74, 6) is 0. The molecular formula is C14H18N2OS2. The SMILES string of the molecule is CC1CN(Cc2csc(-c3cccs3)n2)CC(C)O1. The van der Waals surface area contributed by atoms with Crippen molar-refractivity contribution in [2.75, 3.05) is 13.1 Å². The Hall–Kier alpha value is -0.750. The molecule has 2 aromatic heterocycles. The zero-order valence-corrected chi connectivity index (χ0v) is 12.8. The maximum atomic E-state index is 5.76. The Labute approximate surface area is 121 Å². The van der Waals surface area contributed by atoms with Crippen LogP contribution in [0.5, 0.6) is 0 Å². The van der Waals surface area contributed by atoms with Gasteiger partial charge in [0.2, 0.25) is 0 Å². The molecule has 1 fully saturated rings. The fourth-order valence-corrected chi connectivity index (χ4v) is 4.16. The van der Waals surface area contributed by atoms with Gasteiger partial charge in [-0.1, -0.05) is 6.07 Å². The van der Waals surface area contributed by atoms with Crippen molar-refractivity contribution in [3.05, 3.63) is 28.6 Å². The van der Waals surface area contributed by atoms with Gasteiger partial charge in [0.15, 0.2) is 0 Å². The van der Waals surface area contributed by atoms with Gasteiger partial charge in [0.1, 0.15) is 5.01 Å². The lowest BCUT2D eigenvalue weighted by molar-refractivity contribution is -0.0707. The number of hydrogen-bond donors (Lipinski definition) is 0. The van der Waals surface area contributed by atoms with E-state index >= 15 is 0 Å². The van der Waals surface area contributed by atoms with Crippen LogP contribution < -0.4 is 0 Å². The molecule has 1 saturated heterocycles. The van der Waals surface area contributed by atoms with E-state index in [4.69, 9.17) is 9.72 Å². The molecule has 3 heterocycles. The van der Waals surface area contributed by atoms with E-state index in [1.807, 2.05) is 0 Å². The van der Waals surface area contributed by atoms with Crippen molar-refractivity contribution in [2.24, 2.45) is 0 Å². The molecular weight excluding hydrogens is 276 g/mol. The molecule has 3 rings (SSSR count). The summed E-state index contributed by atoms with van der Waals surface area (Å²) in [7, 11) is 0. The second-order valence-corrected chi connectivity index (χ2v) is 6.88. The van der Waals surface area contributed by atoms with Gasteiger partial charge in [-0.15, -0.1) is 22.7 Å². The van der Waals surface area contributed by atoms with E-state index in [1.54, 1.807) is 22.7 Å². The molecule has 102 valence electrons. The standard InChI is InChI=1S/C14H18N2OS2/c1-10-6-16(7-11(2)17-10)8-12-9-19-14(15-12)13-4-3-5-18-13/h3-5,9-11H,6-8H2,1-2H3. The molecule has 0 N–H and O–H groups in total. The first-order chi connectivity index (χ1) is 9.20. The Bertz CT molecular complexity index is 513. The normalized spacial score (nSPS) is 24.7. The lowest BCUT2D eigenvalue weighted by atomic mass is 10.2. The summed E-state index contributed by atoms with van der Waals surface area (Å²) >= 11 is 3.49. The Morgan fingerprint density at radius 3 is 2.79 bits per heavy atom. The van der Waals surface area contributed by atoms with Gasteiger partial charge in [-0.3, -0.25) is 4.90 Å². The summed E-state index contributed by atoms with van der Waals surface area (Å²) in [5.41, 5.74) is 1.18. The van der Waals surface area contributed by atoms with Gasteiger partial charge < -0.3 is 4.74 Å². The van der Waals surface area contributed by atoms with Gasteiger partial charge in [-0.05, 0) is 25.3 Å². The molecule has 2 aromatic rings. The molecule has 2 unspecified atom stereocenters. The lowest BCUT2D eigenvalue weighted by Gasteiger charge is -2.34. The van der Waals surface area contributed by atoms with Crippen LogP contribution in [-0.4, -0.2) is 35.2 Å². The van der Waals surface area contributed by atoms with Gasteiger partial charge in [-0.2, -0.15) is 0 Å². The third kappa shape index (κ3) is 3.23. The minimum Gasteiger partial charge on any atom is -0.373 e. The Balaban J connectivity index is 1.67.